The highest BCUT2D eigenvalue weighted by Gasteiger charge is 2.47. The molecule has 9 N–H and O–H groups in total. The number of nitrogens with two attached hydrogens (primary N) is 1. The second kappa shape index (κ2) is 11.4. The van der Waals surface area contributed by atoms with Crippen molar-refractivity contribution >= 4 is 38.5 Å². The average Bonchev–Trinajstić information content (AvgIpc) is 3.47. The van der Waals surface area contributed by atoms with E-state index in [1.807, 2.05) is 0 Å². The Balaban J connectivity index is 1.34. The number of carbonyl (C=O) groups is 1. The minimum atomic E-state index is -5.34. The van der Waals surface area contributed by atoms with Crippen LogP contribution in [0, 0.1) is 0 Å². The zero-order valence-electron chi connectivity index (χ0n) is 19.9. The third-order valence-corrected chi connectivity index (χ3v) is 8.36. The summed E-state index contributed by atoms with van der Waals surface area (Å²) in [5, 5.41) is 42.5. The molecule has 0 aromatic carbocycles. The van der Waals surface area contributed by atoms with Gasteiger partial charge in [0.2, 0.25) is 5.91 Å². The predicted octanol–water partition coefficient (Wildman–Crippen LogP) is -3.14. The van der Waals surface area contributed by atoms with Gasteiger partial charge in [0, 0.05) is 6.92 Å². The Labute approximate surface area is 218 Å². The third kappa shape index (κ3) is 6.60. The summed E-state index contributed by atoms with van der Waals surface area (Å²) in [5.41, 5.74) is 6.09. The van der Waals surface area contributed by atoms with Crippen molar-refractivity contribution in [2.45, 2.75) is 56.0 Å². The Morgan fingerprint density at radius 3 is 2.31 bits per heavy atom. The minimum absolute atomic E-state index is 0.0539. The molecular formula is C17H26N6O14P2. The van der Waals surface area contributed by atoms with E-state index in [9.17, 15) is 44.1 Å². The zero-order valence-corrected chi connectivity index (χ0v) is 21.7. The van der Waals surface area contributed by atoms with Gasteiger partial charge in [-0.2, -0.15) is 4.31 Å². The summed E-state index contributed by atoms with van der Waals surface area (Å²) in [4.78, 5) is 42.9. The standard InChI is InChI=1S/C17H26N6O14P2/c1-6(24)22-9-7(36-17(28)12(9)26)2-33-38(29,30)37-39(31,32)34-3-8-11(25)13(27)16(35-8)23-5-21-10-14(18)19-4-20-15(10)23/h4-5,7-9,11-13,16-17,25-28H,2-3H2,1H3,(H,22,24)(H,29,30)(H,31,32)(H2,18,19,20)/t7-,8-,9?,11?,12+,13?,16-,17?/m1/s1. The summed E-state index contributed by atoms with van der Waals surface area (Å²) in [7, 11) is -10.7. The number of rotatable bonds is 10. The number of hydrogen-bond donors (Lipinski definition) is 8. The van der Waals surface area contributed by atoms with Gasteiger partial charge < -0.3 is 50.7 Å². The molecule has 4 rings (SSSR count). The lowest BCUT2D eigenvalue weighted by Crippen LogP contribution is -2.48. The van der Waals surface area contributed by atoms with Crippen molar-refractivity contribution in [2.75, 3.05) is 18.9 Å². The normalized spacial score (nSPS) is 34.1. The Hall–Kier alpha value is -2.16. The number of hydrogen-bond acceptors (Lipinski definition) is 16. The van der Waals surface area contributed by atoms with Crippen molar-refractivity contribution < 1.29 is 67.0 Å². The first-order valence-corrected chi connectivity index (χ1v) is 14.1. The van der Waals surface area contributed by atoms with Crippen LogP contribution in [0.4, 0.5) is 5.82 Å². The Morgan fingerprint density at radius 1 is 1.03 bits per heavy atom. The number of amides is 1. The summed E-state index contributed by atoms with van der Waals surface area (Å²) < 4.78 is 49.7. The van der Waals surface area contributed by atoms with E-state index in [0.29, 0.717) is 0 Å². The molecule has 2 fully saturated rings. The maximum atomic E-state index is 12.3. The number of nitrogen functional groups attached to an aromatic ring is 1. The number of anilines is 1. The molecule has 2 aromatic rings. The molecule has 2 saturated heterocycles. The lowest BCUT2D eigenvalue weighted by molar-refractivity contribution is -0.132. The largest absolute Gasteiger partial charge is 0.481 e. The van der Waals surface area contributed by atoms with Crippen molar-refractivity contribution in [3.63, 3.8) is 0 Å². The zero-order chi connectivity index (χ0) is 28.7. The highest BCUT2D eigenvalue weighted by molar-refractivity contribution is 7.61. The van der Waals surface area contributed by atoms with Crippen molar-refractivity contribution in [2.24, 2.45) is 0 Å². The average molecular weight is 600 g/mol. The number of carbonyl (C=O) groups excluding carboxylic acids is 1. The van der Waals surface area contributed by atoms with Gasteiger partial charge in [0.15, 0.2) is 24.0 Å². The van der Waals surface area contributed by atoms with Gasteiger partial charge in [-0.05, 0) is 0 Å². The van der Waals surface area contributed by atoms with Crippen molar-refractivity contribution in [1.29, 1.82) is 0 Å². The van der Waals surface area contributed by atoms with E-state index in [0.717, 1.165) is 13.3 Å². The fourth-order valence-electron chi connectivity index (χ4n) is 3.96. The number of aromatic nitrogens is 4. The number of aliphatic hydroxyl groups excluding tert-OH is 4. The molecule has 2 aliphatic heterocycles. The number of nitrogens with one attached hydrogen (secondary N) is 1. The van der Waals surface area contributed by atoms with Crippen LogP contribution in [0.1, 0.15) is 13.2 Å². The molecule has 0 bridgehead atoms. The molecule has 0 aliphatic carbocycles. The number of fused-ring (bicyclic) bond motifs is 1. The molecule has 39 heavy (non-hydrogen) atoms. The monoisotopic (exact) mass is 600 g/mol. The molecule has 1 amide bonds. The van der Waals surface area contributed by atoms with E-state index in [4.69, 9.17) is 15.2 Å². The topological polar surface area (TPSA) is 300 Å². The molecule has 0 saturated carbocycles. The number of phosphoric acid groups is 2. The van der Waals surface area contributed by atoms with Gasteiger partial charge in [-0.25, -0.2) is 24.1 Å². The number of ether oxygens (including phenoxy) is 2. The first-order chi connectivity index (χ1) is 18.2. The maximum absolute atomic E-state index is 12.3. The first kappa shape index (κ1) is 29.8. The van der Waals surface area contributed by atoms with Crippen molar-refractivity contribution in [1.82, 2.24) is 24.8 Å². The molecule has 6 unspecified atom stereocenters. The molecule has 218 valence electrons. The van der Waals surface area contributed by atoms with Crippen LogP contribution >= 0.6 is 15.6 Å². The van der Waals surface area contributed by atoms with Crippen molar-refractivity contribution in [3.8, 4) is 0 Å². The van der Waals surface area contributed by atoms with Crippen LogP contribution in [0.3, 0.4) is 0 Å². The van der Waals surface area contributed by atoms with E-state index in [2.05, 4.69) is 33.6 Å². The van der Waals surface area contributed by atoms with E-state index in [-0.39, 0.29) is 17.0 Å². The highest BCUT2D eigenvalue weighted by Crippen LogP contribution is 2.60. The second-order valence-corrected chi connectivity index (χ2v) is 11.6. The van der Waals surface area contributed by atoms with Crippen LogP contribution in [0.15, 0.2) is 12.7 Å². The van der Waals surface area contributed by atoms with Crippen LogP contribution < -0.4 is 11.1 Å². The van der Waals surface area contributed by atoms with Gasteiger partial charge in [0.05, 0.1) is 25.6 Å². The summed E-state index contributed by atoms with van der Waals surface area (Å²) in [6.45, 7) is -0.637. The summed E-state index contributed by atoms with van der Waals surface area (Å²) >= 11 is 0. The number of aliphatic hydroxyl groups is 4. The van der Waals surface area contributed by atoms with Gasteiger partial charge in [-0.1, -0.05) is 0 Å². The van der Waals surface area contributed by atoms with E-state index in [1.54, 1.807) is 0 Å². The minimum Gasteiger partial charge on any atom is -0.387 e. The molecule has 0 radical (unpaired) electrons. The number of phosphoric ester groups is 2. The van der Waals surface area contributed by atoms with Gasteiger partial charge in [0.25, 0.3) is 0 Å². The molecule has 10 atom stereocenters. The quantitative estimate of drug-likeness (QED) is 0.125. The summed E-state index contributed by atoms with van der Waals surface area (Å²) in [6, 6.07) is -1.23. The first-order valence-electron chi connectivity index (χ1n) is 11.1. The molecule has 2 aromatic heterocycles. The smallest absolute Gasteiger partial charge is 0.387 e. The van der Waals surface area contributed by atoms with E-state index in [1.165, 1.54) is 10.9 Å². The summed E-state index contributed by atoms with van der Waals surface area (Å²) in [6.07, 6.45) is -8.21. The van der Waals surface area contributed by atoms with E-state index < -0.39 is 83.8 Å². The van der Waals surface area contributed by atoms with Crippen molar-refractivity contribution in [3.05, 3.63) is 12.7 Å². The van der Waals surface area contributed by atoms with Gasteiger partial charge in [-0.15, -0.1) is 0 Å². The number of nitrogens with zero attached hydrogens (tertiary/aromatic N) is 4. The van der Waals surface area contributed by atoms with Crippen LogP contribution in [-0.4, -0.2) is 112 Å². The Kier molecular flexibility index (Phi) is 8.70. The van der Waals surface area contributed by atoms with Gasteiger partial charge in [-0.3, -0.25) is 18.4 Å². The van der Waals surface area contributed by atoms with Gasteiger partial charge >= 0.3 is 15.6 Å². The van der Waals surface area contributed by atoms with Crippen LogP contribution in [0.2, 0.25) is 0 Å². The molecular weight excluding hydrogens is 574 g/mol. The molecule has 20 nitrogen and oxygen atoms in total. The Bertz CT molecular complexity index is 1300. The molecule has 2 aliphatic rings. The maximum Gasteiger partial charge on any atom is 0.481 e. The fraction of sp³-hybridized carbons (Fsp3) is 0.647. The number of imidazole rings is 1. The summed E-state index contributed by atoms with van der Waals surface area (Å²) in [5.74, 6) is -0.557. The van der Waals surface area contributed by atoms with E-state index >= 15 is 0 Å². The lowest BCUT2D eigenvalue weighted by atomic mass is 10.1. The fourth-order valence-corrected chi connectivity index (χ4v) is 6.05. The van der Waals surface area contributed by atoms with Crippen LogP contribution in [-0.2, 0) is 36.8 Å². The lowest BCUT2D eigenvalue weighted by Gasteiger charge is -2.22. The second-order valence-electron chi connectivity index (χ2n) is 8.52. The Morgan fingerprint density at radius 2 is 1.67 bits per heavy atom. The SMILES string of the molecule is CC(=O)NC1[C@H](O)C(O)O[C@@H]1COP(=O)(O)OP(=O)(O)OC[C@H]1O[C@@H](n2cnc3c(N)ncnc32)C(O)C1O. The molecule has 4 heterocycles. The molecule has 0 spiro atoms. The third-order valence-electron chi connectivity index (χ3n) is 5.75. The van der Waals surface area contributed by atoms with Crippen LogP contribution in [0.25, 0.3) is 11.2 Å². The molecule has 22 heteroatoms. The van der Waals surface area contributed by atoms with Gasteiger partial charge in [0.1, 0.15) is 42.4 Å². The van der Waals surface area contributed by atoms with Crippen LogP contribution in [0.5, 0.6) is 0 Å². The highest BCUT2D eigenvalue weighted by atomic mass is 31.3. The predicted molar refractivity (Wildman–Crippen MR) is 123 cm³/mol.